The molecule has 0 aliphatic rings. The Morgan fingerprint density at radius 1 is 1.24 bits per heavy atom. The summed E-state index contributed by atoms with van der Waals surface area (Å²) in [6, 6.07) is 2.73. The number of ether oxygens (including phenoxy) is 3. The number of amides is 1. The van der Waals surface area contributed by atoms with Gasteiger partial charge in [0.25, 0.3) is 5.69 Å². The third-order valence-corrected chi connectivity index (χ3v) is 3.46. The highest BCUT2D eigenvalue weighted by atomic mass is 16.6. The normalized spacial score (nSPS) is 10.9. The highest BCUT2D eigenvalue weighted by Crippen LogP contribution is 2.35. The Balaban J connectivity index is 2.75. The number of aliphatic carboxylic acids is 1. The second-order valence-electron chi connectivity index (χ2n) is 7.04. The Hall–Kier alpha value is -3.08. The molecule has 0 unspecified atom stereocenters. The van der Waals surface area contributed by atoms with Crippen LogP contribution in [0.3, 0.4) is 0 Å². The molecule has 0 fully saturated rings. The van der Waals surface area contributed by atoms with Crippen LogP contribution in [0.25, 0.3) is 0 Å². The smallest absolute Gasteiger partial charge is 0.422 e. The summed E-state index contributed by atoms with van der Waals surface area (Å²) in [7, 11) is 1.40. The Morgan fingerprint density at radius 2 is 1.93 bits per heavy atom. The van der Waals surface area contributed by atoms with E-state index in [1.807, 2.05) is 0 Å². The van der Waals surface area contributed by atoms with E-state index in [9.17, 15) is 19.7 Å². The Morgan fingerprint density at radius 3 is 2.48 bits per heavy atom. The van der Waals surface area contributed by atoms with E-state index in [1.165, 1.54) is 19.2 Å². The molecular formula is C18H27N3O8. The number of nitrogens with zero attached hydrogens (tertiary/aromatic N) is 1. The summed E-state index contributed by atoms with van der Waals surface area (Å²) < 4.78 is 15.7. The lowest BCUT2D eigenvalue weighted by Crippen LogP contribution is -2.42. The summed E-state index contributed by atoms with van der Waals surface area (Å²) in [6.07, 6.45) is -0.246. The van der Waals surface area contributed by atoms with E-state index < -0.39 is 22.6 Å². The van der Waals surface area contributed by atoms with Crippen LogP contribution < -0.4 is 20.3 Å². The second-order valence-corrected chi connectivity index (χ2v) is 7.04. The van der Waals surface area contributed by atoms with Gasteiger partial charge in [-0.1, -0.05) is 0 Å². The average Bonchev–Trinajstić information content (AvgIpc) is 2.60. The number of carboxylic acids is 1. The molecule has 11 heteroatoms. The zero-order valence-electron chi connectivity index (χ0n) is 16.9. The van der Waals surface area contributed by atoms with E-state index in [2.05, 4.69) is 10.9 Å². The summed E-state index contributed by atoms with van der Waals surface area (Å²) in [5.41, 5.74) is 4.58. The van der Waals surface area contributed by atoms with E-state index in [0.717, 1.165) is 0 Å². The molecule has 0 saturated carbocycles. The summed E-state index contributed by atoms with van der Waals surface area (Å²) in [4.78, 5) is 33.0. The fraction of sp³-hybridized carbons (Fsp3) is 0.556. The van der Waals surface area contributed by atoms with Crippen LogP contribution in [-0.4, -0.2) is 48.0 Å². The van der Waals surface area contributed by atoms with Crippen molar-refractivity contribution in [3.8, 4) is 11.5 Å². The molecule has 0 aromatic heterocycles. The average molecular weight is 413 g/mol. The molecule has 0 aliphatic carbocycles. The van der Waals surface area contributed by atoms with Crippen molar-refractivity contribution in [1.29, 1.82) is 0 Å². The van der Waals surface area contributed by atoms with Gasteiger partial charge in [-0.3, -0.25) is 20.3 Å². The van der Waals surface area contributed by atoms with Crippen LogP contribution in [0.15, 0.2) is 12.1 Å². The number of nitro groups is 1. The highest BCUT2D eigenvalue weighted by Gasteiger charge is 2.20. The van der Waals surface area contributed by atoms with Crippen LogP contribution in [0.4, 0.5) is 10.5 Å². The Labute approximate surface area is 168 Å². The quantitative estimate of drug-likeness (QED) is 0.282. The van der Waals surface area contributed by atoms with Crippen molar-refractivity contribution in [3.63, 3.8) is 0 Å². The number of methoxy groups -OCH3 is 1. The van der Waals surface area contributed by atoms with Crippen LogP contribution in [0.2, 0.25) is 0 Å². The topological polar surface area (TPSA) is 149 Å². The lowest BCUT2D eigenvalue weighted by atomic mass is 10.1. The predicted octanol–water partition coefficient (Wildman–Crippen LogP) is 2.42. The molecule has 11 nitrogen and oxygen atoms in total. The number of hydrogen-bond acceptors (Lipinski definition) is 8. The number of hydrogen-bond donors (Lipinski definition) is 3. The van der Waals surface area contributed by atoms with Crippen molar-refractivity contribution in [2.75, 3.05) is 20.3 Å². The lowest BCUT2D eigenvalue weighted by molar-refractivity contribution is -0.385. The van der Waals surface area contributed by atoms with Gasteiger partial charge in [0.1, 0.15) is 5.60 Å². The number of carbonyl (C=O) groups excluding carboxylic acids is 1. The van der Waals surface area contributed by atoms with E-state index in [-0.39, 0.29) is 43.9 Å². The van der Waals surface area contributed by atoms with Crippen LogP contribution in [0, 0.1) is 10.1 Å². The van der Waals surface area contributed by atoms with Crippen molar-refractivity contribution in [2.45, 2.75) is 45.6 Å². The molecule has 0 bridgehead atoms. The number of carbonyl (C=O) groups is 2. The van der Waals surface area contributed by atoms with Gasteiger partial charge in [-0.2, -0.15) is 0 Å². The molecule has 1 aromatic rings. The van der Waals surface area contributed by atoms with Crippen LogP contribution >= 0.6 is 0 Å². The van der Waals surface area contributed by atoms with Crippen molar-refractivity contribution < 1.29 is 33.8 Å². The monoisotopic (exact) mass is 413 g/mol. The van der Waals surface area contributed by atoms with E-state index in [0.29, 0.717) is 11.3 Å². The molecule has 1 rings (SSSR count). The Bertz CT molecular complexity index is 731. The van der Waals surface area contributed by atoms with Gasteiger partial charge in [0.15, 0.2) is 11.5 Å². The largest absolute Gasteiger partial charge is 0.493 e. The predicted molar refractivity (Wildman–Crippen MR) is 103 cm³/mol. The van der Waals surface area contributed by atoms with Gasteiger partial charge in [-0.25, -0.2) is 10.2 Å². The van der Waals surface area contributed by atoms with Gasteiger partial charge >= 0.3 is 12.1 Å². The SMILES string of the molecule is COc1cc(CCNNC(=O)OC(C)(C)C)c([N+](=O)[O-])cc1OCCCC(=O)O. The second kappa shape index (κ2) is 11.1. The van der Waals surface area contributed by atoms with Crippen LogP contribution in [-0.2, 0) is 16.0 Å². The molecule has 0 heterocycles. The first-order chi connectivity index (χ1) is 13.5. The molecule has 162 valence electrons. The van der Waals surface area contributed by atoms with Crippen molar-refractivity contribution in [2.24, 2.45) is 0 Å². The molecule has 1 amide bonds. The molecule has 0 atom stereocenters. The summed E-state index contributed by atoms with van der Waals surface area (Å²) in [6.45, 7) is 5.48. The standard InChI is InChI=1S/C18H27N3O8/c1-18(2,3)29-17(24)20-19-8-7-12-10-14(27-4)15(11-13(12)21(25)26)28-9-5-6-16(22)23/h10-11,19H,5-9H2,1-4H3,(H,20,24)(H,22,23). The van der Waals surface area contributed by atoms with E-state index >= 15 is 0 Å². The fourth-order valence-electron chi connectivity index (χ4n) is 2.27. The summed E-state index contributed by atoms with van der Waals surface area (Å²) in [5, 5.41) is 20.1. The molecule has 0 spiro atoms. The van der Waals surface area contributed by atoms with Gasteiger partial charge in [0.2, 0.25) is 0 Å². The lowest BCUT2D eigenvalue weighted by Gasteiger charge is -2.19. The number of benzene rings is 1. The number of carboxylic acid groups (broad SMARTS) is 1. The van der Waals surface area contributed by atoms with Gasteiger partial charge in [-0.15, -0.1) is 0 Å². The maximum atomic E-state index is 11.6. The minimum atomic E-state index is -0.950. The van der Waals surface area contributed by atoms with Crippen LogP contribution in [0.1, 0.15) is 39.2 Å². The molecular weight excluding hydrogens is 386 g/mol. The summed E-state index contributed by atoms with van der Waals surface area (Å²) in [5.74, 6) is -0.497. The van der Waals surface area contributed by atoms with E-state index in [1.54, 1.807) is 20.8 Å². The first-order valence-electron chi connectivity index (χ1n) is 8.95. The molecule has 29 heavy (non-hydrogen) atoms. The first-order valence-corrected chi connectivity index (χ1v) is 8.95. The van der Waals surface area contributed by atoms with Gasteiger partial charge in [0, 0.05) is 18.5 Å². The maximum Gasteiger partial charge on any atom is 0.422 e. The minimum absolute atomic E-state index is 0.0706. The number of hydrazine groups is 1. The van der Waals surface area contributed by atoms with Crippen molar-refractivity contribution in [3.05, 3.63) is 27.8 Å². The number of rotatable bonds is 11. The third-order valence-electron chi connectivity index (χ3n) is 3.46. The van der Waals surface area contributed by atoms with Crippen molar-refractivity contribution >= 4 is 17.7 Å². The zero-order valence-corrected chi connectivity index (χ0v) is 16.9. The van der Waals surface area contributed by atoms with Gasteiger partial charge in [-0.05, 0) is 39.7 Å². The molecule has 0 aliphatic heterocycles. The molecule has 0 saturated heterocycles. The Kier molecular flexibility index (Phi) is 9.13. The number of nitro benzene ring substituents is 1. The fourth-order valence-corrected chi connectivity index (χ4v) is 2.27. The van der Waals surface area contributed by atoms with E-state index in [4.69, 9.17) is 19.3 Å². The maximum absolute atomic E-state index is 11.6. The first kappa shape index (κ1) is 24.0. The van der Waals surface area contributed by atoms with Crippen molar-refractivity contribution in [1.82, 2.24) is 10.9 Å². The minimum Gasteiger partial charge on any atom is -0.493 e. The molecule has 3 N–H and O–H groups in total. The molecule has 0 radical (unpaired) electrons. The third kappa shape index (κ3) is 9.10. The molecule has 1 aromatic carbocycles. The van der Waals surface area contributed by atoms with Gasteiger partial charge in [0.05, 0.1) is 24.7 Å². The summed E-state index contributed by atoms with van der Waals surface area (Å²) >= 11 is 0. The highest BCUT2D eigenvalue weighted by molar-refractivity contribution is 5.67. The van der Waals surface area contributed by atoms with Crippen LogP contribution in [0.5, 0.6) is 11.5 Å². The van der Waals surface area contributed by atoms with Gasteiger partial charge < -0.3 is 19.3 Å². The zero-order chi connectivity index (χ0) is 22.0. The number of nitrogens with one attached hydrogen (secondary N) is 2.